The molecule has 0 spiro atoms. The number of aromatic nitrogens is 1. The molecule has 0 unspecified atom stereocenters. The molecule has 1 saturated heterocycles. The van der Waals surface area contributed by atoms with Crippen LogP contribution in [0.2, 0.25) is 0 Å². The molecule has 0 N–H and O–H groups in total. The van der Waals surface area contributed by atoms with Crippen molar-refractivity contribution in [2.45, 2.75) is 6.54 Å². The van der Waals surface area contributed by atoms with E-state index in [1.807, 2.05) is 12.1 Å². The second-order valence-corrected chi connectivity index (χ2v) is 6.22. The van der Waals surface area contributed by atoms with Gasteiger partial charge in [-0.3, -0.25) is 4.90 Å². The fraction of sp³-hybridized carbons (Fsp3) is 0.238. The van der Waals surface area contributed by atoms with Gasteiger partial charge in [0.25, 0.3) is 0 Å². The molecule has 0 saturated carbocycles. The summed E-state index contributed by atoms with van der Waals surface area (Å²) in [5.74, 6) is 0. The van der Waals surface area contributed by atoms with Gasteiger partial charge in [0.15, 0.2) is 0 Å². The summed E-state index contributed by atoms with van der Waals surface area (Å²) in [6.07, 6.45) is 4.13. The van der Waals surface area contributed by atoms with Gasteiger partial charge >= 0.3 is 0 Å². The standard InChI is InChI=1S/C21H22N2O/c1-2-12-23(11-1)21-9-7-20(8-10-21)19-5-3-18(4-6-19)17-22-13-15-24-16-14-22/h1-12H,13-17H2. The molecule has 2 heterocycles. The summed E-state index contributed by atoms with van der Waals surface area (Å²) in [5, 5.41) is 0. The fourth-order valence-corrected chi connectivity index (χ4v) is 3.15. The summed E-state index contributed by atoms with van der Waals surface area (Å²) in [7, 11) is 0. The van der Waals surface area contributed by atoms with Gasteiger partial charge in [0.05, 0.1) is 13.2 Å². The van der Waals surface area contributed by atoms with Crippen LogP contribution < -0.4 is 0 Å². The Balaban J connectivity index is 1.46. The molecule has 2 aromatic carbocycles. The number of nitrogens with zero attached hydrogens (tertiary/aromatic N) is 2. The highest BCUT2D eigenvalue weighted by Gasteiger charge is 2.10. The van der Waals surface area contributed by atoms with Crippen molar-refractivity contribution in [1.29, 1.82) is 0 Å². The summed E-state index contributed by atoms with van der Waals surface area (Å²) in [5.41, 5.74) is 5.07. The van der Waals surface area contributed by atoms with Crippen molar-refractivity contribution in [2.24, 2.45) is 0 Å². The summed E-state index contributed by atoms with van der Waals surface area (Å²) in [4.78, 5) is 2.45. The highest BCUT2D eigenvalue weighted by Crippen LogP contribution is 2.22. The molecule has 24 heavy (non-hydrogen) atoms. The molecule has 0 bridgehead atoms. The molecule has 1 aliphatic heterocycles. The quantitative estimate of drug-likeness (QED) is 0.724. The number of ether oxygens (including phenoxy) is 1. The minimum absolute atomic E-state index is 0.853. The Morgan fingerprint density at radius 2 is 1.33 bits per heavy atom. The van der Waals surface area contributed by atoms with E-state index in [0.717, 1.165) is 32.8 Å². The van der Waals surface area contributed by atoms with Crippen molar-refractivity contribution in [2.75, 3.05) is 26.3 Å². The average molecular weight is 318 g/mol. The summed E-state index contributed by atoms with van der Waals surface area (Å²) in [6, 6.07) is 21.7. The van der Waals surface area contributed by atoms with E-state index in [1.165, 1.54) is 22.4 Å². The van der Waals surface area contributed by atoms with Crippen LogP contribution >= 0.6 is 0 Å². The summed E-state index contributed by atoms with van der Waals surface area (Å²) >= 11 is 0. The third-order valence-corrected chi connectivity index (χ3v) is 4.57. The SMILES string of the molecule is c1ccn(-c2ccc(-c3ccc(CN4CCOCC4)cc3)cc2)c1. The van der Waals surface area contributed by atoms with Crippen molar-refractivity contribution in [3.05, 3.63) is 78.6 Å². The maximum Gasteiger partial charge on any atom is 0.0594 e. The molecule has 1 aromatic heterocycles. The van der Waals surface area contributed by atoms with Crippen molar-refractivity contribution < 1.29 is 4.74 Å². The van der Waals surface area contributed by atoms with Crippen LogP contribution in [0.5, 0.6) is 0 Å². The zero-order valence-corrected chi connectivity index (χ0v) is 13.8. The van der Waals surface area contributed by atoms with Gasteiger partial charge in [-0.05, 0) is 41.0 Å². The number of benzene rings is 2. The first-order valence-corrected chi connectivity index (χ1v) is 8.51. The van der Waals surface area contributed by atoms with Gasteiger partial charge in [-0.2, -0.15) is 0 Å². The Kier molecular flexibility index (Phi) is 4.45. The lowest BCUT2D eigenvalue weighted by atomic mass is 10.0. The predicted molar refractivity (Wildman–Crippen MR) is 97.3 cm³/mol. The molecule has 1 fully saturated rings. The van der Waals surface area contributed by atoms with E-state index in [9.17, 15) is 0 Å². The van der Waals surface area contributed by atoms with Gasteiger partial charge in [0, 0.05) is 37.7 Å². The first-order chi connectivity index (χ1) is 11.9. The molecular formula is C21H22N2O. The number of hydrogen-bond donors (Lipinski definition) is 0. The van der Waals surface area contributed by atoms with E-state index < -0.39 is 0 Å². The Morgan fingerprint density at radius 1 is 0.750 bits per heavy atom. The van der Waals surface area contributed by atoms with Crippen molar-refractivity contribution in [3.8, 4) is 16.8 Å². The lowest BCUT2D eigenvalue weighted by Gasteiger charge is -2.26. The topological polar surface area (TPSA) is 17.4 Å². The largest absolute Gasteiger partial charge is 0.379 e. The van der Waals surface area contributed by atoms with Crippen LogP contribution in [-0.2, 0) is 11.3 Å². The zero-order chi connectivity index (χ0) is 16.2. The maximum absolute atomic E-state index is 5.41. The molecule has 1 aliphatic rings. The Hall–Kier alpha value is -2.36. The van der Waals surface area contributed by atoms with E-state index in [0.29, 0.717) is 0 Å². The monoisotopic (exact) mass is 318 g/mol. The highest BCUT2D eigenvalue weighted by molar-refractivity contribution is 5.65. The Labute approximate surface area is 143 Å². The van der Waals surface area contributed by atoms with Gasteiger partial charge < -0.3 is 9.30 Å². The maximum atomic E-state index is 5.41. The van der Waals surface area contributed by atoms with E-state index in [1.54, 1.807) is 0 Å². The molecule has 3 aromatic rings. The summed E-state index contributed by atoms with van der Waals surface area (Å²) < 4.78 is 7.53. The third kappa shape index (κ3) is 3.42. The molecule has 0 atom stereocenters. The van der Waals surface area contributed by atoms with Crippen molar-refractivity contribution in [1.82, 2.24) is 9.47 Å². The van der Waals surface area contributed by atoms with Gasteiger partial charge in [0.1, 0.15) is 0 Å². The smallest absolute Gasteiger partial charge is 0.0594 e. The van der Waals surface area contributed by atoms with Gasteiger partial charge in [-0.25, -0.2) is 0 Å². The second-order valence-electron chi connectivity index (χ2n) is 6.22. The van der Waals surface area contributed by atoms with Crippen molar-refractivity contribution in [3.63, 3.8) is 0 Å². The van der Waals surface area contributed by atoms with Crippen LogP contribution in [-0.4, -0.2) is 35.8 Å². The van der Waals surface area contributed by atoms with E-state index >= 15 is 0 Å². The minimum atomic E-state index is 0.853. The molecule has 0 amide bonds. The Morgan fingerprint density at radius 3 is 1.96 bits per heavy atom. The first-order valence-electron chi connectivity index (χ1n) is 8.51. The number of rotatable bonds is 4. The van der Waals surface area contributed by atoms with Crippen LogP contribution in [0.15, 0.2) is 73.1 Å². The highest BCUT2D eigenvalue weighted by atomic mass is 16.5. The van der Waals surface area contributed by atoms with Crippen LogP contribution in [0, 0.1) is 0 Å². The molecule has 3 nitrogen and oxygen atoms in total. The van der Waals surface area contributed by atoms with Gasteiger partial charge in [-0.15, -0.1) is 0 Å². The van der Waals surface area contributed by atoms with Crippen LogP contribution in [0.1, 0.15) is 5.56 Å². The number of hydrogen-bond acceptors (Lipinski definition) is 2. The van der Waals surface area contributed by atoms with E-state index in [4.69, 9.17) is 4.74 Å². The minimum Gasteiger partial charge on any atom is -0.379 e. The molecule has 4 rings (SSSR count). The molecular weight excluding hydrogens is 296 g/mol. The number of morpholine rings is 1. The van der Waals surface area contributed by atoms with Crippen LogP contribution in [0.25, 0.3) is 16.8 Å². The normalized spacial score (nSPS) is 15.5. The summed E-state index contributed by atoms with van der Waals surface area (Å²) in [6.45, 7) is 4.78. The van der Waals surface area contributed by atoms with Crippen LogP contribution in [0.3, 0.4) is 0 Å². The average Bonchev–Trinajstić information content (AvgIpc) is 3.18. The Bertz CT molecular complexity index is 755. The third-order valence-electron chi connectivity index (χ3n) is 4.57. The lowest BCUT2D eigenvalue weighted by Crippen LogP contribution is -2.35. The van der Waals surface area contributed by atoms with E-state index in [-0.39, 0.29) is 0 Å². The molecule has 122 valence electrons. The fourth-order valence-electron chi connectivity index (χ4n) is 3.15. The van der Waals surface area contributed by atoms with Gasteiger partial charge in [0.2, 0.25) is 0 Å². The molecule has 0 radical (unpaired) electrons. The van der Waals surface area contributed by atoms with Crippen molar-refractivity contribution >= 4 is 0 Å². The lowest BCUT2D eigenvalue weighted by molar-refractivity contribution is 0.0342. The predicted octanol–water partition coefficient (Wildman–Crippen LogP) is 3.98. The zero-order valence-electron chi connectivity index (χ0n) is 13.8. The first kappa shape index (κ1) is 15.2. The van der Waals surface area contributed by atoms with Gasteiger partial charge in [-0.1, -0.05) is 36.4 Å². The van der Waals surface area contributed by atoms with E-state index in [2.05, 4.69) is 70.4 Å². The molecule has 0 aliphatic carbocycles. The van der Waals surface area contributed by atoms with Crippen LogP contribution in [0.4, 0.5) is 0 Å². The second kappa shape index (κ2) is 7.04. The molecule has 3 heteroatoms.